The molecule has 2 N–H and O–H groups in total. The molecule has 0 aromatic heterocycles. The summed E-state index contributed by atoms with van der Waals surface area (Å²) in [6.45, 7) is 1.38. The molecule has 2 saturated heterocycles. The maximum atomic E-state index is 13.3. The van der Waals surface area contributed by atoms with Crippen molar-refractivity contribution in [2.24, 2.45) is 11.7 Å². The van der Waals surface area contributed by atoms with Crippen LogP contribution in [0.5, 0.6) is 0 Å². The Morgan fingerprint density at radius 1 is 0.833 bits per heavy atom. The zero-order chi connectivity index (χ0) is 26.3. The Bertz CT molecular complexity index is 1090. The van der Waals surface area contributed by atoms with Gasteiger partial charge in [-0.25, -0.2) is 0 Å². The van der Waals surface area contributed by atoms with Gasteiger partial charge in [-0.15, -0.1) is 0 Å². The molecule has 2 aliphatic rings. The summed E-state index contributed by atoms with van der Waals surface area (Å²) < 4.78 is 79.8. The van der Waals surface area contributed by atoms with Crippen LogP contribution in [-0.4, -0.2) is 53.8 Å². The molecule has 2 aromatic carbocycles. The zero-order valence-corrected chi connectivity index (χ0v) is 19.1. The molecule has 194 valence electrons. The van der Waals surface area contributed by atoms with Crippen molar-refractivity contribution in [3.05, 3.63) is 70.8 Å². The fourth-order valence-electron chi connectivity index (χ4n) is 5.17. The highest BCUT2D eigenvalue weighted by molar-refractivity contribution is 5.95. The number of piperidine rings is 1. The Hall–Kier alpha value is -3.08. The van der Waals surface area contributed by atoms with Gasteiger partial charge in [0, 0.05) is 37.2 Å². The monoisotopic (exact) mass is 513 g/mol. The Balaban J connectivity index is 1.63. The summed E-state index contributed by atoms with van der Waals surface area (Å²) >= 11 is 0. The summed E-state index contributed by atoms with van der Waals surface area (Å²) in [5.74, 6) is -1.80. The molecule has 3 atom stereocenters. The molecule has 11 heteroatoms. The fourth-order valence-corrected chi connectivity index (χ4v) is 5.17. The van der Waals surface area contributed by atoms with E-state index < -0.39 is 35.0 Å². The number of nitrogens with zero attached hydrogens (tertiary/aromatic N) is 2. The van der Waals surface area contributed by atoms with Crippen LogP contribution < -0.4 is 5.73 Å². The van der Waals surface area contributed by atoms with Gasteiger partial charge in [0.1, 0.15) is 0 Å². The minimum absolute atomic E-state index is 0.0122. The summed E-state index contributed by atoms with van der Waals surface area (Å²) in [7, 11) is 0. The quantitative estimate of drug-likeness (QED) is 0.611. The third-order valence-corrected chi connectivity index (χ3v) is 7.02. The van der Waals surface area contributed by atoms with Gasteiger partial charge >= 0.3 is 12.4 Å². The van der Waals surface area contributed by atoms with Gasteiger partial charge in [0.15, 0.2) is 0 Å². The van der Waals surface area contributed by atoms with Gasteiger partial charge in [-0.2, -0.15) is 26.3 Å². The molecule has 0 spiro atoms. The van der Waals surface area contributed by atoms with E-state index in [-0.39, 0.29) is 42.9 Å². The summed E-state index contributed by atoms with van der Waals surface area (Å²) in [6, 6.07) is 10.1. The number of amides is 2. The van der Waals surface area contributed by atoms with Gasteiger partial charge in [-0.1, -0.05) is 30.3 Å². The molecule has 5 nitrogen and oxygen atoms in total. The first-order valence-corrected chi connectivity index (χ1v) is 11.5. The van der Waals surface area contributed by atoms with Crippen LogP contribution in [0.1, 0.15) is 45.8 Å². The average Bonchev–Trinajstić information content (AvgIpc) is 3.33. The molecule has 2 aromatic rings. The zero-order valence-electron chi connectivity index (χ0n) is 19.1. The number of carbonyl (C=O) groups excluding carboxylic acids is 2. The lowest BCUT2D eigenvalue weighted by molar-refractivity contribution is -0.143. The number of benzene rings is 2. The first kappa shape index (κ1) is 26.0. The maximum absolute atomic E-state index is 13.3. The first-order chi connectivity index (χ1) is 16.8. The minimum atomic E-state index is -5.04. The summed E-state index contributed by atoms with van der Waals surface area (Å²) in [5.41, 5.74) is 2.66. The molecule has 0 radical (unpaired) electrons. The Labute approximate surface area is 203 Å². The van der Waals surface area contributed by atoms with Crippen molar-refractivity contribution in [2.75, 3.05) is 26.2 Å². The van der Waals surface area contributed by atoms with E-state index in [9.17, 15) is 35.9 Å². The van der Waals surface area contributed by atoms with Crippen LogP contribution in [0, 0.1) is 5.92 Å². The molecule has 2 amide bonds. The van der Waals surface area contributed by atoms with E-state index in [1.165, 1.54) is 4.90 Å². The Morgan fingerprint density at radius 3 is 1.97 bits per heavy atom. The number of primary amides is 1. The lowest BCUT2D eigenvalue weighted by Crippen LogP contribution is -2.51. The number of nitrogens with two attached hydrogens (primary N) is 1. The Kier molecular flexibility index (Phi) is 7.05. The van der Waals surface area contributed by atoms with Gasteiger partial charge in [0.2, 0.25) is 5.91 Å². The van der Waals surface area contributed by atoms with E-state index in [4.69, 9.17) is 5.73 Å². The second kappa shape index (κ2) is 9.76. The van der Waals surface area contributed by atoms with Crippen LogP contribution in [0.2, 0.25) is 0 Å². The van der Waals surface area contributed by atoms with Crippen LogP contribution in [0.15, 0.2) is 48.5 Å². The van der Waals surface area contributed by atoms with E-state index in [1.807, 2.05) is 30.3 Å². The maximum Gasteiger partial charge on any atom is 0.416 e. The highest BCUT2D eigenvalue weighted by Crippen LogP contribution is 2.38. The topological polar surface area (TPSA) is 66.6 Å². The number of hydrogen-bond acceptors (Lipinski definition) is 3. The van der Waals surface area contributed by atoms with Crippen molar-refractivity contribution >= 4 is 11.8 Å². The molecule has 3 unspecified atom stereocenters. The largest absolute Gasteiger partial charge is 0.416 e. The Morgan fingerprint density at radius 2 is 1.44 bits per heavy atom. The SMILES string of the molecule is NC(=O)C1CCN(C2CCN(C(=O)c3cc(C(F)(F)F)cc(C(F)(F)F)c3)CC2c2ccccc2)C1. The van der Waals surface area contributed by atoms with Crippen LogP contribution >= 0.6 is 0 Å². The predicted molar refractivity (Wildman–Crippen MR) is 119 cm³/mol. The lowest BCUT2D eigenvalue weighted by atomic mass is 9.84. The third kappa shape index (κ3) is 5.50. The van der Waals surface area contributed by atoms with Crippen LogP contribution in [0.25, 0.3) is 0 Å². The van der Waals surface area contributed by atoms with Gasteiger partial charge < -0.3 is 10.6 Å². The number of hydrogen-bond donors (Lipinski definition) is 1. The molecule has 2 aliphatic heterocycles. The molecule has 36 heavy (non-hydrogen) atoms. The van der Waals surface area contributed by atoms with Crippen molar-refractivity contribution in [2.45, 2.75) is 37.2 Å². The number of carbonyl (C=O) groups is 2. The summed E-state index contributed by atoms with van der Waals surface area (Å²) in [6.07, 6.45) is -9.02. The van der Waals surface area contributed by atoms with Gasteiger partial charge in [-0.05, 0) is 43.1 Å². The van der Waals surface area contributed by atoms with Crippen molar-refractivity contribution in [3.8, 4) is 0 Å². The molecular formula is C25H25F6N3O2. The standard InChI is InChI=1S/C25H25F6N3O2/c26-24(27,28)18-10-17(11-19(12-18)25(29,30)31)23(36)34-9-7-21(33-8-6-16(13-33)22(32)35)20(14-34)15-4-2-1-3-5-15/h1-5,10-12,16,20-21H,6-9,13-14H2,(H2,32,35). The van der Waals surface area contributed by atoms with Crippen molar-refractivity contribution in [3.63, 3.8) is 0 Å². The molecule has 4 rings (SSSR count). The first-order valence-electron chi connectivity index (χ1n) is 11.5. The van der Waals surface area contributed by atoms with Crippen LogP contribution in [0.4, 0.5) is 26.3 Å². The second-order valence-corrected chi connectivity index (χ2v) is 9.30. The van der Waals surface area contributed by atoms with Crippen LogP contribution in [0.3, 0.4) is 0 Å². The predicted octanol–water partition coefficient (Wildman–Crippen LogP) is 4.53. The number of rotatable bonds is 4. The van der Waals surface area contributed by atoms with E-state index in [2.05, 4.69) is 4.90 Å². The van der Waals surface area contributed by atoms with E-state index in [0.717, 1.165) is 5.56 Å². The summed E-state index contributed by atoms with van der Waals surface area (Å²) in [4.78, 5) is 28.3. The molecule has 0 saturated carbocycles. The number of alkyl halides is 6. The summed E-state index contributed by atoms with van der Waals surface area (Å²) in [5, 5.41) is 0. The molecule has 0 bridgehead atoms. The normalized spacial score (nSPS) is 23.6. The van der Waals surface area contributed by atoms with E-state index in [0.29, 0.717) is 38.1 Å². The van der Waals surface area contributed by atoms with Crippen LogP contribution in [-0.2, 0) is 17.1 Å². The lowest BCUT2D eigenvalue weighted by Gasteiger charge is -2.43. The van der Waals surface area contributed by atoms with Gasteiger partial charge in [0.05, 0.1) is 17.0 Å². The van der Waals surface area contributed by atoms with Crippen molar-refractivity contribution < 1.29 is 35.9 Å². The van der Waals surface area contributed by atoms with E-state index >= 15 is 0 Å². The molecule has 2 fully saturated rings. The smallest absolute Gasteiger partial charge is 0.369 e. The van der Waals surface area contributed by atoms with Gasteiger partial charge in [-0.3, -0.25) is 14.5 Å². The molecule has 2 heterocycles. The second-order valence-electron chi connectivity index (χ2n) is 9.30. The fraction of sp³-hybridized carbons (Fsp3) is 0.440. The number of likely N-dealkylation sites (tertiary alicyclic amines) is 2. The van der Waals surface area contributed by atoms with Crippen molar-refractivity contribution in [1.82, 2.24) is 9.80 Å². The highest BCUT2D eigenvalue weighted by atomic mass is 19.4. The highest BCUT2D eigenvalue weighted by Gasteiger charge is 2.41. The molecular weight excluding hydrogens is 488 g/mol. The average molecular weight is 513 g/mol. The minimum Gasteiger partial charge on any atom is -0.369 e. The number of halogens is 6. The third-order valence-electron chi connectivity index (χ3n) is 7.02. The van der Waals surface area contributed by atoms with E-state index in [1.54, 1.807) is 0 Å². The molecule has 0 aliphatic carbocycles. The van der Waals surface area contributed by atoms with Gasteiger partial charge in [0.25, 0.3) is 5.91 Å². The van der Waals surface area contributed by atoms with Crippen molar-refractivity contribution in [1.29, 1.82) is 0 Å².